The molecule has 106 valence electrons. The molecule has 20 heavy (non-hydrogen) atoms. The molecule has 2 aromatic rings. The molecule has 0 saturated carbocycles. The number of nitrogens with zero attached hydrogens (tertiary/aromatic N) is 4. The van der Waals surface area contributed by atoms with Crippen LogP contribution in [-0.2, 0) is 4.74 Å². The van der Waals surface area contributed by atoms with Crippen LogP contribution in [0.4, 0.5) is 5.13 Å². The lowest BCUT2D eigenvalue weighted by Crippen LogP contribution is -2.42. The smallest absolute Gasteiger partial charge is 0.187 e. The predicted octanol–water partition coefficient (Wildman–Crippen LogP) is 3.00. The fourth-order valence-corrected chi connectivity index (χ4v) is 3.89. The van der Waals surface area contributed by atoms with Crippen LogP contribution in [0.2, 0.25) is 10.3 Å². The summed E-state index contributed by atoms with van der Waals surface area (Å²) in [6.45, 7) is 1.84. The molecule has 8 heteroatoms. The molecule has 4 rings (SSSR count). The molecule has 0 radical (unpaired) electrons. The highest BCUT2D eigenvalue weighted by Gasteiger charge is 2.34. The first-order chi connectivity index (χ1) is 9.70. The van der Waals surface area contributed by atoms with Crippen LogP contribution in [0.25, 0.3) is 5.82 Å². The zero-order chi connectivity index (χ0) is 13.7. The van der Waals surface area contributed by atoms with Gasteiger partial charge < -0.3 is 9.64 Å². The molecule has 0 aromatic carbocycles. The fraction of sp³-hybridized carbons (Fsp3) is 0.500. The molecule has 5 nitrogen and oxygen atoms in total. The summed E-state index contributed by atoms with van der Waals surface area (Å²) in [4.78, 5) is 10.9. The van der Waals surface area contributed by atoms with Crippen molar-refractivity contribution in [1.29, 1.82) is 0 Å². The zero-order valence-corrected chi connectivity index (χ0v) is 12.8. The molecule has 2 saturated heterocycles. The van der Waals surface area contributed by atoms with Crippen molar-refractivity contribution < 1.29 is 4.74 Å². The molecule has 2 atom stereocenters. The van der Waals surface area contributed by atoms with Crippen molar-refractivity contribution >= 4 is 39.7 Å². The van der Waals surface area contributed by atoms with Gasteiger partial charge in [-0.1, -0.05) is 23.2 Å². The van der Waals surface area contributed by atoms with Crippen LogP contribution in [0, 0.1) is 0 Å². The van der Waals surface area contributed by atoms with Crippen molar-refractivity contribution in [1.82, 2.24) is 14.5 Å². The van der Waals surface area contributed by atoms with Crippen LogP contribution in [0.5, 0.6) is 0 Å². The number of halogens is 2. The van der Waals surface area contributed by atoms with Gasteiger partial charge in [0.2, 0.25) is 0 Å². The number of morpholine rings is 1. The highest BCUT2D eigenvalue weighted by atomic mass is 35.5. The number of anilines is 1. The second kappa shape index (κ2) is 4.87. The summed E-state index contributed by atoms with van der Waals surface area (Å²) < 4.78 is 7.54. The normalized spacial score (nSPS) is 25.4. The minimum atomic E-state index is 0.297. The zero-order valence-electron chi connectivity index (χ0n) is 10.5. The van der Waals surface area contributed by atoms with Gasteiger partial charge in [0.15, 0.2) is 21.3 Å². The van der Waals surface area contributed by atoms with Gasteiger partial charge in [0, 0.05) is 18.5 Å². The lowest BCUT2D eigenvalue weighted by molar-refractivity contribution is 0.0305. The Kier molecular flexibility index (Phi) is 3.14. The summed E-state index contributed by atoms with van der Waals surface area (Å²) in [5, 5.41) is 3.66. The maximum absolute atomic E-state index is 6.09. The van der Waals surface area contributed by atoms with Crippen LogP contribution in [-0.4, -0.2) is 39.8 Å². The lowest BCUT2D eigenvalue weighted by atomic mass is 10.2. The van der Waals surface area contributed by atoms with Gasteiger partial charge in [0.25, 0.3) is 0 Å². The fourth-order valence-electron chi connectivity index (χ4n) is 2.75. The Balaban J connectivity index is 1.60. The number of aromatic nitrogens is 3. The topological polar surface area (TPSA) is 43.2 Å². The third-order valence-electron chi connectivity index (χ3n) is 3.71. The summed E-state index contributed by atoms with van der Waals surface area (Å²) in [6, 6.07) is 0. The first-order valence-electron chi connectivity index (χ1n) is 6.45. The predicted molar refractivity (Wildman–Crippen MR) is 79.4 cm³/mol. The van der Waals surface area contributed by atoms with Gasteiger partial charge in [-0.2, -0.15) is 0 Å². The van der Waals surface area contributed by atoms with Gasteiger partial charge in [-0.05, 0) is 12.8 Å². The Morgan fingerprint density at radius 2 is 2.00 bits per heavy atom. The molecule has 0 amide bonds. The number of fused-ring (bicyclic) bond motifs is 2. The van der Waals surface area contributed by atoms with Crippen LogP contribution in [0.15, 0.2) is 11.7 Å². The van der Waals surface area contributed by atoms with Crippen molar-refractivity contribution in [3.63, 3.8) is 0 Å². The van der Waals surface area contributed by atoms with Gasteiger partial charge in [0.1, 0.15) is 6.33 Å². The average Bonchev–Trinajstić information content (AvgIpc) is 3.12. The molecule has 0 spiro atoms. The first kappa shape index (κ1) is 12.9. The van der Waals surface area contributed by atoms with Gasteiger partial charge in [-0.3, -0.25) is 4.57 Å². The van der Waals surface area contributed by atoms with Gasteiger partial charge in [0.05, 0.1) is 12.2 Å². The van der Waals surface area contributed by atoms with E-state index < -0.39 is 0 Å². The number of hydrogen-bond acceptors (Lipinski definition) is 5. The molecular weight excluding hydrogens is 319 g/mol. The Bertz CT molecular complexity index is 631. The van der Waals surface area contributed by atoms with Gasteiger partial charge in [-0.25, -0.2) is 9.97 Å². The van der Waals surface area contributed by atoms with E-state index in [-0.39, 0.29) is 0 Å². The number of hydrogen-bond donors (Lipinski definition) is 0. The molecule has 2 bridgehead atoms. The number of thiazole rings is 1. The third kappa shape index (κ3) is 2.11. The maximum Gasteiger partial charge on any atom is 0.187 e. The van der Waals surface area contributed by atoms with Crippen molar-refractivity contribution in [2.45, 2.75) is 25.0 Å². The molecule has 0 aliphatic carbocycles. The van der Waals surface area contributed by atoms with E-state index in [1.807, 2.05) is 5.38 Å². The highest BCUT2D eigenvalue weighted by Crippen LogP contribution is 2.33. The van der Waals surface area contributed by atoms with E-state index in [9.17, 15) is 0 Å². The highest BCUT2D eigenvalue weighted by molar-refractivity contribution is 7.14. The molecule has 2 aromatic heterocycles. The Hall–Kier alpha value is -0.820. The number of ether oxygens (including phenoxy) is 1. The Labute approximate surface area is 130 Å². The summed E-state index contributed by atoms with van der Waals surface area (Å²) in [7, 11) is 0. The van der Waals surface area contributed by atoms with E-state index in [4.69, 9.17) is 27.9 Å². The molecule has 0 N–H and O–H groups in total. The van der Waals surface area contributed by atoms with Gasteiger partial charge in [-0.15, -0.1) is 11.3 Å². The van der Waals surface area contributed by atoms with E-state index in [1.54, 1.807) is 22.2 Å². The van der Waals surface area contributed by atoms with Gasteiger partial charge >= 0.3 is 0 Å². The van der Waals surface area contributed by atoms with Crippen molar-refractivity contribution in [2.75, 3.05) is 18.0 Å². The lowest BCUT2D eigenvalue weighted by Gasteiger charge is -2.31. The Morgan fingerprint density at radius 3 is 2.65 bits per heavy atom. The molecule has 2 fully saturated rings. The van der Waals surface area contributed by atoms with E-state index in [0.29, 0.717) is 22.5 Å². The monoisotopic (exact) mass is 330 g/mol. The number of imidazole rings is 1. The quantitative estimate of drug-likeness (QED) is 0.848. The van der Waals surface area contributed by atoms with E-state index >= 15 is 0 Å². The van der Waals surface area contributed by atoms with E-state index in [0.717, 1.165) is 36.9 Å². The molecule has 2 aliphatic heterocycles. The van der Waals surface area contributed by atoms with E-state index in [2.05, 4.69) is 14.9 Å². The number of rotatable bonds is 2. The largest absolute Gasteiger partial charge is 0.371 e. The van der Waals surface area contributed by atoms with Crippen LogP contribution in [0.3, 0.4) is 0 Å². The van der Waals surface area contributed by atoms with Crippen LogP contribution >= 0.6 is 34.5 Å². The van der Waals surface area contributed by atoms with Crippen LogP contribution < -0.4 is 4.90 Å². The third-order valence-corrected chi connectivity index (χ3v) is 5.33. The second-order valence-corrected chi connectivity index (χ2v) is 6.60. The minimum absolute atomic E-state index is 0.297. The SMILES string of the molecule is Clc1ncn(-c2csc(N3C[C@H]4CC[C@@H](C3)O4)n2)c1Cl. The average molecular weight is 331 g/mol. The molecule has 4 heterocycles. The van der Waals surface area contributed by atoms with Crippen molar-refractivity contribution in [2.24, 2.45) is 0 Å². The first-order valence-corrected chi connectivity index (χ1v) is 8.09. The summed E-state index contributed by atoms with van der Waals surface area (Å²) >= 11 is 13.6. The minimum Gasteiger partial charge on any atom is -0.371 e. The van der Waals surface area contributed by atoms with Crippen LogP contribution in [0.1, 0.15) is 12.8 Å². The summed E-state index contributed by atoms with van der Waals surface area (Å²) in [5.41, 5.74) is 0. The van der Waals surface area contributed by atoms with Crippen molar-refractivity contribution in [3.05, 3.63) is 22.0 Å². The summed E-state index contributed by atoms with van der Waals surface area (Å²) in [5.74, 6) is 0.758. The maximum atomic E-state index is 6.09. The Morgan fingerprint density at radius 1 is 1.25 bits per heavy atom. The molecule has 2 aliphatic rings. The molecule has 0 unspecified atom stereocenters. The van der Waals surface area contributed by atoms with E-state index in [1.165, 1.54) is 0 Å². The second-order valence-electron chi connectivity index (χ2n) is 5.05. The summed E-state index contributed by atoms with van der Waals surface area (Å²) in [6.07, 6.45) is 4.61. The standard InChI is InChI=1S/C12H12Cl2N4OS/c13-10-11(14)18(6-15-10)9-5-20-12(16-9)17-3-7-1-2-8(4-17)19-7/h5-8H,1-4H2/t7-,8+. The van der Waals surface area contributed by atoms with Crippen molar-refractivity contribution in [3.8, 4) is 5.82 Å². The molecular formula is C12H12Cl2N4OS.